The lowest BCUT2D eigenvalue weighted by atomic mass is 10.1. The highest BCUT2D eigenvalue weighted by Crippen LogP contribution is 2.30. The fourth-order valence-corrected chi connectivity index (χ4v) is 2.86. The summed E-state index contributed by atoms with van der Waals surface area (Å²) in [7, 11) is 0. The molecule has 0 amide bonds. The van der Waals surface area contributed by atoms with Gasteiger partial charge in [-0.15, -0.1) is 0 Å². The van der Waals surface area contributed by atoms with E-state index in [9.17, 15) is 0 Å². The molecule has 0 saturated carbocycles. The smallest absolute Gasteiger partial charge is 0.0410 e. The molecule has 1 atom stereocenters. The first-order valence-electron chi connectivity index (χ1n) is 5.58. The molecule has 1 aromatic carbocycles. The van der Waals surface area contributed by atoms with Crippen molar-refractivity contribution in [3.8, 4) is 0 Å². The number of hydrogen-bond acceptors (Lipinski definition) is 2. The van der Waals surface area contributed by atoms with E-state index in [4.69, 9.17) is 11.6 Å². The van der Waals surface area contributed by atoms with Gasteiger partial charge >= 0.3 is 0 Å². The molecule has 0 radical (unpaired) electrons. The van der Waals surface area contributed by atoms with E-state index in [1.165, 1.54) is 5.56 Å². The van der Waals surface area contributed by atoms with Crippen LogP contribution in [0.3, 0.4) is 0 Å². The van der Waals surface area contributed by atoms with E-state index in [2.05, 4.69) is 39.1 Å². The SMILES string of the molecule is C[C@@H](c1cc(Cl)ccc1Br)N1CCNCC1. The Morgan fingerprint density at radius 1 is 1.38 bits per heavy atom. The van der Waals surface area contributed by atoms with E-state index in [0.29, 0.717) is 6.04 Å². The Balaban J connectivity index is 2.18. The summed E-state index contributed by atoms with van der Waals surface area (Å²) in [6.07, 6.45) is 0. The molecule has 1 saturated heterocycles. The van der Waals surface area contributed by atoms with Crippen LogP contribution in [0.25, 0.3) is 0 Å². The van der Waals surface area contributed by atoms with Crippen molar-refractivity contribution in [3.63, 3.8) is 0 Å². The third-order valence-corrected chi connectivity index (χ3v) is 4.06. The van der Waals surface area contributed by atoms with Gasteiger partial charge in [-0.05, 0) is 30.7 Å². The van der Waals surface area contributed by atoms with E-state index < -0.39 is 0 Å². The molecule has 1 aliphatic rings. The number of nitrogens with one attached hydrogen (secondary N) is 1. The van der Waals surface area contributed by atoms with Gasteiger partial charge in [-0.2, -0.15) is 0 Å². The van der Waals surface area contributed by atoms with Crippen LogP contribution in [0.1, 0.15) is 18.5 Å². The number of hydrogen-bond donors (Lipinski definition) is 1. The predicted molar refractivity (Wildman–Crippen MR) is 72.0 cm³/mol. The zero-order chi connectivity index (χ0) is 11.5. The molecule has 1 fully saturated rings. The first-order valence-corrected chi connectivity index (χ1v) is 6.75. The summed E-state index contributed by atoms with van der Waals surface area (Å²) in [5.74, 6) is 0. The Hall–Kier alpha value is -0.0900. The van der Waals surface area contributed by atoms with Crippen molar-refractivity contribution in [2.24, 2.45) is 0 Å². The summed E-state index contributed by atoms with van der Waals surface area (Å²) >= 11 is 9.64. The van der Waals surface area contributed by atoms with E-state index in [-0.39, 0.29) is 0 Å². The van der Waals surface area contributed by atoms with Gasteiger partial charge in [-0.25, -0.2) is 0 Å². The van der Waals surface area contributed by atoms with Gasteiger partial charge in [0.05, 0.1) is 0 Å². The molecule has 2 rings (SSSR count). The van der Waals surface area contributed by atoms with Gasteiger partial charge in [0.2, 0.25) is 0 Å². The van der Waals surface area contributed by atoms with Crippen LogP contribution >= 0.6 is 27.5 Å². The minimum absolute atomic E-state index is 0.412. The summed E-state index contributed by atoms with van der Waals surface area (Å²) in [5, 5.41) is 4.17. The minimum Gasteiger partial charge on any atom is -0.314 e. The molecule has 88 valence electrons. The van der Waals surface area contributed by atoms with Crippen LogP contribution in [0.5, 0.6) is 0 Å². The lowest BCUT2D eigenvalue weighted by Gasteiger charge is -2.33. The van der Waals surface area contributed by atoms with Crippen molar-refractivity contribution in [1.82, 2.24) is 10.2 Å². The van der Waals surface area contributed by atoms with Crippen LogP contribution in [0.2, 0.25) is 5.02 Å². The van der Waals surface area contributed by atoms with Crippen LogP contribution in [-0.4, -0.2) is 31.1 Å². The zero-order valence-corrected chi connectivity index (χ0v) is 11.7. The number of piperazine rings is 1. The molecule has 1 aliphatic heterocycles. The fourth-order valence-electron chi connectivity index (χ4n) is 2.10. The number of benzene rings is 1. The Morgan fingerprint density at radius 2 is 2.06 bits per heavy atom. The third kappa shape index (κ3) is 2.77. The number of halogens is 2. The minimum atomic E-state index is 0.412. The fraction of sp³-hybridized carbons (Fsp3) is 0.500. The number of nitrogens with zero attached hydrogens (tertiary/aromatic N) is 1. The molecule has 0 unspecified atom stereocenters. The van der Waals surface area contributed by atoms with Gasteiger partial charge in [-0.3, -0.25) is 4.90 Å². The second kappa shape index (κ2) is 5.50. The Labute approximate surface area is 110 Å². The Bertz CT molecular complexity index is 364. The first-order chi connectivity index (χ1) is 7.68. The molecule has 1 N–H and O–H groups in total. The summed E-state index contributed by atoms with van der Waals surface area (Å²) in [4.78, 5) is 2.48. The molecule has 0 aromatic heterocycles. The van der Waals surface area contributed by atoms with Gasteiger partial charge < -0.3 is 5.32 Å². The molecule has 0 bridgehead atoms. The maximum Gasteiger partial charge on any atom is 0.0410 e. The van der Waals surface area contributed by atoms with Gasteiger partial charge in [0.25, 0.3) is 0 Å². The lowest BCUT2D eigenvalue weighted by molar-refractivity contribution is 0.185. The molecule has 1 heterocycles. The van der Waals surface area contributed by atoms with Crippen LogP contribution < -0.4 is 5.32 Å². The van der Waals surface area contributed by atoms with Crippen molar-refractivity contribution in [3.05, 3.63) is 33.3 Å². The highest BCUT2D eigenvalue weighted by atomic mass is 79.9. The van der Waals surface area contributed by atoms with Crippen molar-refractivity contribution in [1.29, 1.82) is 0 Å². The maximum atomic E-state index is 6.05. The molecular formula is C12H16BrClN2. The van der Waals surface area contributed by atoms with Crippen molar-refractivity contribution in [2.45, 2.75) is 13.0 Å². The molecule has 2 nitrogen and oxygen atoms in total. The average Bonchev–Trinajstić information content (AvgIpc) is 2.32. The van der Waals surface area contributed by atoms with Crippen molar-refractivity contribution in [2.75, 3.05) is 26.2 Å². The standard InChI is InChI=1S/C12H16BrClN2/c1-9(16-6-4-15-5-7-16)11-8-10(14)2-3-12(11)13/h2-3,8-9,15H,4-7H2,1H3/t9-/m0/s1. The summed E-state index contributed by atoms with van der Waals surface area (Å²) in [5.41, 5.74) is 1.27. The van der Waals surface area contributed by atoms with E-state index in [1.807, 2.05) is 12.1 Å². The molecule has 16 heavy (non-hydrogen) atoms. The molecule has 1 aromatic rings. The normalized spacial score (nSPS) is 19.7. The van der Waals surface area contributed by atoms with Crippen molar-refractivity contribution < 1.29 is 0 Å². The summed E-state index contributed by atoms with van der Waals surface area (Å²) < 4.78 is 1.14. The molecule has 4 heteroatoms. The lowest BCUT2D eigenvalue weighted by Crippen LogP contribution is -2.44. The van der Waals surface area contributed by atoms with Gasteiger partial charge in [0.1, 0.15) is 0 Å². The maximum absolute atomic E-state index is 6.05. The highest BCUT2D eigenvalue weighted by Gasteiger charge is 2.19. The monoisotopic (exact) mass is 302 g/mol. The van der Waals surface area contributed by atoms with E-state index >= 15 is 0 Å². The summed E-state index contributed by atoms with van der Waals surface area (Å²) in [6, 6.07) is 6.41. The third-order valence-electron chi connectivity index (χ3n) is 3.11. The average molecular weight is 304 g/mol. The second-order valence-corrected chi connectivity index (χ2v) is 5.42. The van der Waals surface area contributed by atoms with Crippen LogP contribution in [-0.2, 0) is 0 Å². The molecule has 0 spiro atoms. The van der Waals surface area contributed by atoms with Crippen LogP contribution in [0.4, 0.5) is 0 Å². The first kappa shape index (κ1) is 12.4. The second-order valence-electron chi connectivity index (χ2n) is 4.13. The largest absolute Gasteiger partial charge is 0.314 e. The Kier molecular flexibility index (Phi) is 4.25. The predicted octanol–water partition coefficient (Wildman–Crippen LogP) is 3.07. The van der Waals surface area contributed by atoms with Gasteiger partial charge in [-0.1, -0.05) is 27.5 Å². The van der Waals surface area contributed by atoms with Gasteiger partial charge in [0.15, 0.2) is 0 Å². The number of rotatable bonds is 2. The topological polar surface area (TPSA) is 15.3 Å². The van der Waals surface area contributed by atoms with Crippen molar-refractivity contribution >= 4 is 27.5 Å². The van der Waals surface area contributed by atoms with E-state index in [1.54, 1.807) is 0 Å². The summed E-state index contributed by atoms with van der Waals surface area (Å²) in [6.45, 7) is 6.58. The Morgan fingerprint density at radius 3 is 2.75 bits per heavy atom. The quantitative estimate of drug-likeness (QED) is 0.903. The zero-order valence-electron chi connectivity index (χ0n) is 9.34. The highest BCUT2D eigenvalue weighted by molar-refractivity contribution is 9.10. The van der Waals surface area contributed by atoms with E-state index in [0.717, 1.165) is 35.7 Å². The molecule has 0 aliphatic carbocycles. The molecular weight excluding hydrogens is 288 g/mol. The van der Waals surface area contributed by atoms with Crippen LogP contribution in [0, 0.1) is 0 Å². The van der Waals surface area contributed by atoms with Gasteiger partial charge in [0, 0.05) is 41.7 Å². The van der Waals surface area contributed by atoms with Crippen LogP contribution in [0.15, 0.2) is 22.7 Å².